The predicted molar refractivity (Wildman–Crippen MR) is 68.8 cm³/mol. The highest BCUT2D eigenvalue weighted by Gasteiger charge is 2.31. The summed E-state index contributed by atoms with van der Waals surface area (Å²) in [6.45, 7) is 2.18. The van der Waals surface area contributed by atoms with Crippen LogP contribution < -0.4 is 0 Å². The molecule has 2 rings (SSSR count). The van der Waals surface area contributed by atoms with Crippen molar-refractivity contribution in [3.05, 3.63) is 59.2 Å². The quantitative estimate of drug-likeness (QED) is 0.865. The molecular weight excluding hydrogens is 212 g/mol. The van der Waals surface area contributed by atoms with E-state index in [-0.39, 0.29) is 12.2 Å². The summed E-state index contributed by atoms with van der Waals surface area (Å²) in [6.07, 6.45) is 6.79. The van der Waals surface area contributed by atoms with E-state index < -0.39 is 0 Å². The maximum atomic E-state index is 9.10. The Hall–Kier alpha value is -1.38. The topological polar surface area (TPSA) is 29.5 Å². The molecule has 17 heavy (non-hydrogen) atoms. The lowest BCUT2D eigenvalue weighted by Gasteiger charge is -2.32. The maximum absolute atomic E-state index is 9.10. The summed E-state index contributed by atoms with van der Waals surface area (Å²) in [5, 5.41) is 9.10. The largest absolute Gasteiger partial charge is 0.392 e. The monoisotopic (exact) mass is 230 g/mol. The first-order valence-electron chi connectivity index (χ1n) is 5.82. The van der Waals surface area contributed by atoms with Crippen molar-refractivity contribution >= 4 is 0 Å². The van der Waals surface area contributed by atoms with Crippen LogP contribution in [-0.2, 0) is 10.3 Å². The zero-order valence-electron chi connectivity index (χ0n) is 10.3. The molecule has 0 radical (unpaired) electrons. The van der Waals surface area contributed by atoms with Crippen LogP contribution >= 0.6 is 0 Å². The van der Waals surface area contributed by atoms with Crippen molar-refractivity contribution in [2.75, 3.05) is 13.7 Å². The van der Waals surface area contributed by atoms with Crippen LogP contribution in [0.4, 0.5) is 0 Å². The number of hydrogen-bond acceptors (Lipinski definition) is 2. The third-order valence-electron chi connectivity index (χ3n) is 3.38. The van der Waals surface area contributed by atoms with Gasteiger partial charge in [0.05, 0.1) is 6.61 Å². The highest BCUT2D eigenvalue weighted by Crippen LogP contribution is 2.36. The fraction of sp³-hybridized carbons (Fsp3) is 0.333. The Kier molecular flexibility index (Phi) is 3.46. The first-order valence-corrected chi connectivity index (χ1v) is 5.82. The van der Waals surface area contributed by atoms with E-state index in [1.165, 1.54) is 11.1 Å². The number of ether oxygens (including phenoxy) is 1. The second-order valence-corrected chi connectivity index (χ2v) is 4.38. The maximum Gasteiger partial charge on any atom is 0.115 e. The normalized spacial score (nSPS) is 23.6. The average molecular weight is 230 g/mol. The van der Waals surface area contributed by atoms with E-state index in [4.69, 9.17) is 9.84 Å². The van der Waals surface area contributed by atoms with E-state index in [1.54, 1.807) is 7.11 Å². The first kappa shape index (κ1) is 12.1. The first-order chi connectivity index (χ1) is 8.22. The van der Waals surface area contributed by atoms with Crippen LogP contribution in [0.2, 0.25) is 0 Å². The lowest BCUT2D eigenvalue weighted by Crippen LogP contribution is -2.28. The van der Waals surface area contributed by atoms with Gasteiger partial charge in [0.2, 0.25) is 0 Å². The molecule has 1 aromatic carbocycles. The number of hydrogen-bond donors (Lipinski definition) is 1. The summed E-state index contributed by atoms with van der Waals surface area (Å²) in [5.74, 6) is 0. The number of aryl methyl sites for hydroxylation is 1. The molecule has 0 saturated heterocycles. The van der Waals surface area contributed by atoms with Gasteiger partial charge in [0.25, 0.3) is 0 Å². The van der Waals surface area contributed by atoms with Crippen LogP contribution in [0.25, 0.3) is 0 Å². The van der Waals surface area contributed by atoms with Crippen molar-refractivity contribution in [2.45, 2.75) is 18.9 Å². The molecule has 0 fully saturated rings. The number of rotatable bonds is 3. The summed E-state index contributed by atoms with van der Waals surface area (Å²) in [5.41, 5.74) is 2.97. The SMILES string of the molecule is COC1(c2ccccc2C)C=CC(CO)=CC1. The van der Waals surface area contributed by atoms with Gasteiger partial charge in [-0.1, -0.05) is 36.4 Å². The highest BCUT2D eigenvalue weighted by molar-refractivity contribution is 5.40. The lowest BCUT2D eigenvalue weighted by molar-refractivity contribution is 0.0296. The third-order valence-corrected chi connectivity index (χ3v) is 3.38. The predicted octanol–water partition coefficient (Wildman–Crippen LogP) is 2.72. The summed E-state index contributed by atoms with van der Waals surface area (Å²) < 4.78 is 5.73. The zero-order chi connectivity index (χ0) is 12.3. The van der Waals surface area contributed by atoms with Crippen LogP contribution in [0.1, 0.15) is 17.5 Å². The molecule has 1 aromatic rings. The molecule has 1 aliphatic rings. The zero-order valence-corrected chi connectivity index (χ0v) is 10.3. The Morgan fingerprint density at radius 3 is 2.65 bits per heavy atom. The van der Waals surface area contributed by atoms with Crippen molar-refractivity contribution in [1.82, 2.24) is 0 Å². The average Bonchev–Trinajstić information content (AvgIpc) is 2.39. The van der Waals surface area contributed by atoms with Crippen LogP contribution in [-0.4, -0.2) is 18.8 Å². The standard InChI is InChI=1S/C15H18O2/c1-12-5-3-4-6-14(12)15(17-2)9-7-13(11-16)8-10-15/h3-9,16H,10-11H2,1-2H3. The molecule has 0 aliphatic heterocycles. The molecule has 2 heteroatoms. The van der Waals surface area contributed by atoms with Crippen LogP contribution in [0.3, 0.4) is 0 Å². The van der Waals surface area contributed by atoms with Crippen LogP contribution in [0.15, 0.2) is 48.1 Å². The summed E-state index contributed by atoms with van der Waals surface area (Å²) in [4.78, 5) is 0. The summed E-state index contributed by atoms with van der Waals surface area (Å²) in [6, 6.07) is 8.25. The van der Waals surface area contributed by atoms with E-state index in [9.17, 15) is 0 Å². The van der Waals surface area contributed by atoms with E-state index in [0.29, 0.717) is 0 Å². The van der Waals surface area contributed by atoms with Gasteiger partial charge >= 0.3 is 0 Å². The van der Waals surface area contributed by atoms with Crippen molar-refractivity contribution in [2.24, 2.45) is 0 Å². The third kappa shape index (κ3) is 2.19. The summed E-state index contributed by atoms with van der Waals surface area (Å²) >= 11 is 0. The van der Waals surface area contributed by atoms with Gasteiger partial charge in [-0.15, -0.1) is 0 Å². The fourth-order valence-electron chi connectivity index (χ4n) is 2.29. The van der Waals surface area contributed by atoms with Crippen LogP contribution in [0, 0.1) is 6.92 Å². The van der Waals surface area contributed by atoms with E-state index in [0.717, 1.165) is 12.0 Å². The van der Waals surface area contributed by atoms with Crippen LogP contribution in [0.5, 0.6) is 0 Å². The van der Waals surface area contributed by atoms with E-state index >= 15 is 0 Å². The Bertz CT molecular complexity index is 460. The second kappa shape index (κ2) is 4.86. The highest BCUT2D eigenvalue weighted by atomic mass is 16.5. The van der Waals surface area contributed by atoms with E-state index in [2.05, 4.69) is 19.1 Å². The van der Waals surface area contributed by atoms with Gasteiger partial charge in [-0.3, -0.25) is 0 Å². The molecule has 2 nitrogen and oxygen atoms in total. The number of aliphatic hydroxyl groups is 1. The Morgan fingerprint density at radius 2 is 2.12 bits per heavy atom. The molecular formula is C15H18O2. The molecule has 0 aromatic heterocycles. The molecule has 1 unspecified atom stereocenters. The second-order valence-electron chi connectivity index (χ2n) is 4.38. The molecule has 1 aliphatic carbocycles. The number of methoxy groups -OCH3 is 1. The smallest absolute Gasteiger partial charge is 0.115 e. The minimum atomic E-state index is -0.385. The van der Waals surface area contributed by atoms with Crippen molar-refractivity contribution < 1.29 is 9.84 Å². The van der Waals surface area contributed by atoms with Crippen molar-refractivity contribution in [1.29, 1.82) is 0 Å². The minimum Gasteiger partial charge on any atom is -0.392 e. The molecule has 0 saturated carbocycles. The van der Waals surface area contributed by atoms with E-state index in [1.807, 2.05) is 30.4 Å². The Morgan fingerprint density at radius 1 is 1.35 bits per heavy atom. The molecule has 0 bridgehead atoms. The minimum absolute atomic E-state index is 0.0874. The molecule has 1 N–H and O–H groups in total. The Balaban J connectivity index is 2.39. The van der Waals surface area contributed by atoms with Gasteiger partial charge in [0.15, 0.2) is 0 Å². The van der Waals surface area contributed by atoms with Crippen molar-refractivity contribution in [3.8, 4) is 0 Å². The van der Waals surface area contributed by atoms with Gasteiger partial charge in [-0.25, -0.2) is 0 Å². The molecule has 0 spiro atoms. The fourth-order valence-corrected chi connectivity index (χ4v) is 2.29. The molecule has 90 valence electrons. The molecule has 0 heterocycles. The molecule has 1 atom stereocenters. The Labute approximate surface area is 102 Å². The van der Waals surface area contributed by atoms with Gasteiger partial charge in [-0.2, -0.15) is 0 Å². The van der Waals surface area contributed by atoms with Crippen molar-refractivity contribution in [3.63, 3.8) is 0 Å². The van der Waals surface area contributed by atoms with Gasteiger partial charge < -0.3 is 9.84 Å². The number of aliphatic hydroxyl groups excluding tert-OH is 1. The van der Waals surface area contributed by atoms with Gasteiger partial charge in [0.1, 0.15) is 5.60 Å². The number of benzene rings is 1. The van der Waals surface area contributed by atoms with Gasteiger partial charge in [-0.05, 0) is 29.7 Å². The summed E-state index contributed by atoms with van der Waals surface area (Å²) in [7, 11) is 1.73. The lowest BCUT2D eigenvalue weighted by atomic mass is 9.83. The van der Waals surface area contributed by atoms with Gasteiger partial charge in [0, 0.05) is 13.5 Å². The molecule has 0 amide bonds.